The van der Waals surface area contributed by atoms with Gasteiger partial charge in [0.05, 0.1) is 5.39 Å². The van der Waals surface area contributed by atoms with Crippen molar-refractivity contribution in [2.45, 2.75) is 53.0 Å². The van der Waals surface area contributed by atoms with E-state index in [2.05, 4.69) is 45.0 Å². The highest BCUT2D eigenvalue weighted by Crippen LogP contribution is 2.29. The van der Waals surface area contributed by atoms with Crippen molar-refractivity contribution < 1.29 is 4.79 Å². The molecule has 0 saturated heterocycles. The summed E-state index contributed by atoms with van der Waals surface area (Å²) in [5.41, 5.74) is 1.80. The van der Waals surface area contributed by atoms with Gasteiger partial charge in [0.15, 0.2) is 5.69 Å². The fraction of sp³-hybridized carbons (Fsp3) is 0.375. The van der Waals surface area contributed by atoms with Gasteiger partial charge in [0, 0.05) is 17.6 Å². The number of nitrogens with one attached hydrogen (secondary N) is 1. The van der Waals surface area contributed by atoms with Crippen LogP contribution in [0.2, 0.25) is 0 Å². The van der Waals surface area contributed by atoms with Gasteiger partial charge in [-0.3, -0.25) is 9.59 Å². The number of hydrogen-bond donors (Lipinski definition) is 1. The lowest BCUT2D eigenvalue weighted by atomic mass is 9.86. The summed E-state index contributed by atoms with van der Waals surface area (Å²) in [6.45, 7) is 11.0. The molecule has 0 fully saturated rings. The summed E-state index contributed by atoms with van der Waals surface area (Å²) in [5, 5.41) is 8.56. The number of rotatable bonds is 5. The van der Waals surface area contributed by atoms with Crippen molar-refractivity contribution in [2.24, 2.45) is 5.92 Å². The molecular weight excluding hydrogens is 362 g/mol. The average molecular weight is 392 g/mol. The maximum atomic E-state index is 13.2. The molecule has 3 aromatic rings. The minimum absolute atomic E-state index is 0.116. The number of aryl methyl sites for hydroxylation is 1. The largest absolute Gasteiger partial charge is 0.320 e. The van der Waals surface area contributed by atoms with Crippen molar-refractivity contribution in [3.8, 4) is 0 Å². The van der Waals surface area contributed by atoms with Gasteiger partial charge in [-0.2, -0.15) is 5.10 Å². The van der Waals surface area contributed by atoms with Crippen molar-refractivity contribution in [1.82, 2.24) is 9.78 Å². The second-order valence-corrected chi connectivity index (χ2v) is 8.85. The molecule has 2 aromatic carbocycles. The summed E-state index contributed by atoms with van der Waals surface area (Å²) in [6.07, 6.45) is 0.819. The Balaban J connectivity index is 2.07. The van der Waals surface area contributed by atoms with Crippen LogP contribution in [-0.4, -0.2) is 15.7 Å². The van der Waals surface area contributed by atoms with Gasteiger partial charge in [-0.1, -0.05) is 71.0 Å². The van der Waals surface area contributed by atoms with Crippen molar-refractivity contribution in [2.75, 3.05) is 5.32 Å². The molecule has 5 nitrogen and oxygen atoms in total. The van der Waals surface area contributed by atoms with Gasteiger partial charge < -0.3 is 5.32 Å². The number of benzene rings is 2. The molecule has 1 amide bonds. The molecule has 0 radical (unpaired) electrons. The molecule has 0 aliphatic heterocycles. The first-order valence-corrected chi connectivity index (χ1v) is 10.1. The Labute approximate surface area is 171 Å². The van der Waals surface area contributed by atoms with Crippen LogP contribution < -0.4 is 10.9 Å². The van der Waals surface area contributed by atoms with E-state index in [-0.39, 0.29) is 22.6 Å². The third-order valence-corrected chi connectivity index (χ3v) is 4.98. The number of nitrogens with zero attached hydrogens (tertiary/aromatic N) is 2. The average Bonchev–Trinajstić information content (AvgIpc) is 2.67. The van der Waals surface area contributed by atoms with Crippen molar-refractivity contribution in [3.05, 3.63) is 70.1 Å². The normalized spacial score (nSPS) is 11.8. The van der Waals surface area contributed by atoms with E-state index in [1.165, 1.54) is 4.68 Å². The van der Waals surface area contributed by atoms with E-state index in [4.69, 9.17) is 0 Å². The van der Waals surface area contributed by atoms with E-state index in [9.17, 15) is 9.59 Å². The second kappa shape index (κ2) is 8.19. The van der Waals surface area contributed by atoms with Crippen LogP contribution in [0.4, 0.5) is 5.69 Å². The van der Waals surface area contributed by atoms with E-state index >= 15 is 0 Å². The lowest BCUT2D eigenvalue weighted by molar-refractivity contribution is 0.102. The number of para-hydroxylation sites is 1. The molecule has 1 aromatic heterocycles. The number of anilines is 1. The van der Waals surface area contributed by atoms with Crippen molar-refractivity contribution in [1.29, 1.82) is 0 Å². The van der Waals surface area contributed by atoms with Gasteiger partial charge >= 0.3 is 0 Å². The van der Waals surface area contributed by atoms with E-state index in [0.29, 0.717) is 23.2 Å². The molecule has 152 valence electrons. The number of aromatic nitrogens is 2. The first kappa shape index (κ1) is 20.8. The minimum atomic E-state index is -0.309. The van der Waals surface area contributed by atoms with Crippen molar-refractivity contribution in [3.63, 3.8) is 0 Å². The predicted molar refractivity (Wildman–Crippen MR) is 119 cm³/mol. The number of carbonyl (C=O) groups excluding carboxylic acids is 1. The number of carbonyl (C=O) groups is 1. The highest BCUT2D eigenvalue weighted by atomic mass is 16.2. The Morgan fingerprint density at radius 1 is 1.03 bits per heavy atom. The zero-order valence-electron chi connectivity index (χ0n) is 17.8. The number of amides is 1. The summed E-state index contributed by atoms with van der Waals surface area (Å²) >= 11 is 0. The molecule has 0 spiro atoms. The third-order valence-electron chi connectivity index (χ3n) is 4.98. The topological polar surface area (TPSA) is 64.0 Å². The van der Waals surface area contributed by atoms with Crippen LogP contribution >= 0.6 is 0 Å². The molecule has 0 unspecified atom stereocenters. The lowest BCUT2D eigenvalue weighted by Crippen LogP contribution is -2.28. The molecule has 0 aliphatic carbocycles. The standard InChI is InChI=1S/C24H29N3O2/c1-16(2)14-15-27-23(29)18-11-7-6-10-17(18)21(26-27)22(28)25-20-13-9-8-12-19(20)24(3,4)5/h6-13,16H,14-15H2,1-5H3,(H,25,28). The number of fused-ring (bicyclic) bond motifs is 1. The molecular formula is C24H29N3O2. The van der Waals surface area contributed by atoms with E-state index in [1.807, 2.05) is 36.4 Å². The van der Waals surface area contributed by atoms with Gasteiger partial charge in [0.25, 0.3) is 11.5 Å². The van der Waals surface area contributed by atoms with Crippen LogP contribution in [-0.2, 0) is 12.0 Å². The van der Waals surface area contributed by atoms with E-state index in [0.717, 1.165) is 17.7 Å². The molecule has 0 bridgehead atoms. The van der Waals surface area contributed by atoms with Crippen LogP contribution in [0.5, 0.6) is 0 Å². The zero-order chi connectivity index (χ0) is 21.2. The molecule has 0 saturated carbocycles. The van der Waals surface area contributed by atoms with E-state index < -0.39 is 0 Å². The van der Waals surface area contributed by atoms with Gasteiger partial charge in [0.2, 0.25) is 0 Å². The summed E-state index contributed by atoms with van der Waals surface area (Å²) < 4.78 is 1.42. The lowest BCUT2D eigenvalue weighted by Gasteiger charge is -2.23. The van der Waals surface area contributed by atoms with Gasteiger partial charge in [-0.05, 0) is 35.4 Å². The Kier molecular flexibility index (Phi) is 5.87. The van der Waals surface area contributed by atoms with Gasteiger partial charge in [-0.15, -0.1) is 0 Å². The predicted octanol–water partition coefficient (Wildman–Crippen LogP) is 4.99. The summed E-state index contributed by atoms with van der Waals surface area (Å²) in [4.78, 5) is 26.0. The van der Waals surface area contributed by atoms with Crippen LogP contribution in [0.15, 0.2) is 53.3 Å². The highest BCUT2D eigenvalue weighted by molar-refractivity contribution is 6.11. The quantitative estimate of drug-likeness (QED) is 0.666. The summed E-state index contributed by atoms with van der Waals surface area (Å²) in [5.74, 6) is 0.127. The Bertz CT molecular complexity index is 1090. The smallest absolute Gasteiger partial charge is 0.276 e. The Morgan fingerprint density at radius 2 is 1.66 bits per heavy atom. The Hall–Kier alpha value is -2.95. The zero-order valence-corrected chi connectivity index (χ0v) is 17.8. The highest BCUT2D eigenvalue weighted by Gasteiger charge is 2.21. The molecule has 1 N–H and O–H groups in total. The van der Waals surface area contributed by atoms with Gasteiger partial charge in [-0.25, -0.2) is 4.68 Å². The number of hydrogen-bond acceptors (Lipinski definition) is 3. The maximum Gasteiger partial charge on any atom is 0.276 e. The monoisotopic (exact) mass is 391 g/mol. The molecule has 29 heavy (non-hydrogen) atoms. The van der Waals surface area contributed by atoms with E-state index in [1.54, 1.807) is 12.1 Å². The third kappa shape index (κ3) is 4.56. The first-order chi connectivity index (χ1) is 13.7. The minimum Gasteiger partial charge on any atom is -0.320 e. The SMILES string of the molecule is CC(C)CCn1nc(C(=O)Nc2ccccc2C(C)(C)C)c2ccccc2c1=O. The van der Waals surface area contributed by atoms with Gasteiger partial charge in [0.1, 0.15) is 0 Å². The molecule has 0 atom stereocenters. The van der Waals surface area contributed by atoms with Crippen molar-refractivity contribution >= 4 is 22.4 Å². The second-order valence-electron chi connectivity index (χ2n) is 8.85. The summed E-state index contributed by atoms with van der Waals surface area (Å²) in [7, 11) is 0. The molecule has 3 rings (SSSR count). The Morgan fingerprint density at radius 3 is 2.31 bits per heavy atom. The fourth-order valence-corrected chi connectivity index (χ4v) is 3.36. The molecule has 0 aliphatic rings. The summed E-state index contributed by atoms with van der Waals surface area (Å²) in [6, 6.07) is 15.0. The van der Waals surface area contributed by atoms with Crippen LogP contribution in [0.1, 0.15) is 57.1 Å². The first-order valence-electron chi connectivity index (χ1n) is 10.1. The molecule has 5 heteroatoms. The fourth-order valence-electron chi connectivity index (χ4n) is 3.36. The van der Waals surface area contributed by atoms with Crippen LogP contribution in [0, 0.1) is 5.92 Å². The van der Waals surface area contributed by atoms with Crippen LogP contribution in [0.3, 0.4) is 0 Å². The molecule has 1 heterocycles. The maximum absolute atomic E-state index is 13.2. The van der Waals surface area contributed by atoms with Crippen LogP contribution in [0.25, 0.3) is 10.8 Å².